The highest BCUT2D eigenvalue weighted by atomic mass is 79.9. The van der Waals surface area contributed by atoms with Gasteiger partial charge in [0.05, 0.1) is 13.1 Å². The molecule has 0 heterocycles. The summed E-state index contributed by atoms with van der Waals surface area (Å²) in [7, 11) is 0. The summed E-state index contributed by atoms with van der Waals surface area (Å²) in [6.45, 7) is 0.138. The number of nitrogens with two attached hydrogens (primary N) is 1. The van der Waals surface area contributed by atoms with Gasteiger partial charge < -0.3 is 10.5 Å². The molecule has 0 aliphatic rings. The van der Waals surface area contributed by atoms with Crippen molar-refractivity contribution < 1.29 is 14.3 Å². The molecule has 0 spiro atoms. The van der Waals surface area contributed by atoms with Crippen molar-refractivity contribution in [3.63, 3.8) is 0 Å². The normalized spacial score (nSPS) is 9.94. The molecule has 17 heavy (non-hydrogen) atoms. The molecule has 1 aromatic rings. The van der Waals surface area contributed by atoms with E-state index >= 15 is 0 Å². The molecule has 0 aliphatic heterocycles. The number of benzene rings is 1. The number of carbonyl (C=O) groups excluding carboxylic acids is 2. The van der Waals surface area contributed by atoms with Crippen molar-refractivity contribution in [2.45, 2.75) is 6.61 Å². The zero-order chi connectivity index (χ0) is 12.7. The number of halogens is 1. The van der Waals surface area contributed by atoms with Gasteiger partial charge >= 0.3 is 5.97 Å². The van der Waals surface area contributed by atoms with Crippen LogP contribution in [0.3, 0.4) is 0 Å². The molecule has 6 heteroatoms. The Labute approximate surface area is 107 Å². The lowest BCUT2D eigenvalue weighted by Gasteiger charge is -2.05. The molecule has 1 amide bonds. The summed E-state index contributed by atoms with van der Waals surface area (Å²) in [5.41, 5.74) is 5.79. The minimum absolute atomic E-state index is 0.0308. The van der Waals surface area contributed by atoms with Gasteiger partial charge in [-0.25, -0.2) is 0 Å². The Balaban J connectivity index is 2.26. The number of esters is 1. The van der Waals surface area contributed by atoms with Crippen molar-refractivity contribution in [3.05, 3.63) is 34.3 Å². The first kappa shape index (κ1) is 13.7. The van der Waals surface area contributed by atoms with Gasteiger partial charge in [-0.3, -0.25) is 14.9 Å². The summed E-state index contributed by atoms with van der Waals surface area (Å²) in [6.07, 6.45) is 0. The van der Waals surface area contributed by atoms with Crippen molar-refractivity contribution in [2.75, 3.05) is 13.1 Å². The number of nitrogens with one attached hydrogen (secondary N) is 1. The number of carbonyl (C=O) groups is 2. The summed E-state index contributed by atoms with van der Waals surface area (Å²) in [6, 6.07) is 7.47. The topological polar surface area (TPSA) is 81.4 Å². The Morgan fingerprint density at radius 2 is 2.12 bits per heavy atom. The average molecular weight is 301 g/mol. The molecule has 5 nitrogen and oxygen atoms in total. The second-order valence-corrected chi connectivity index (χ2v) is 4.28. The fraction of sp³-hybridized carbons (Fsp3) is 0.273. The van der Waals surface area contributed by atoms with E-state index in [1.54, 1.807) is 0 Å². The predicted octanol–water partition coefficient (Wildman–Crippen LogP) is 0.567. The maximum atomic E-state index is 11.2. The van der Waals surface area contributed by atoms with E-state index in [1.807, 2.05) is 24.3 Å². The molecule has 0 aromatic heterocycles. The van der Waals surface area contributed by atoms with Gasteiger partial charge in [-0.2, -0.15) is 0 Å². The number of ether oxygens (including phenoxy) is 1. The van der Waals surface area contributed by atoms with Crippen LogP contribution in [0.4, 0.5) is 0 Å². The van der Waals surface area contributed by atoms with E-state index in [-0.39, 0.29) is 19.7 Å². The van der Waals surface area contributed by atoms with Crippen LogP contribution in [0.5, 0.6) is 0 Å². The monoisotopic (exact) mass is 300 g/mol. The predicted molar refractivity (Wildman–Crippen MR) is 66.0 cm³/mol. The van der Waals surface area contributed by atoms with Crippen LogP contribution in [0.25, 0.3) is 0 Å². The molecule has 3 N–H and O–H groups in total. The lowest BCUT2D eigenvalue weighted by molar-refractivity contribution is -0.143. The van der Waals surface area contributed by atoms with Gasteiger partial charge in [0.2, 0.25) is 5.91 Å². The second kappa shape index (κ2) is 7.03. The van der Waals surface area contributed by atoms with Gasteiger partial charge in [0, 0.05) is 4.47 Å². The van der Waals surface area contributed by atoms with Crippen molar-refractivity contribution in [2.24, 2.45) is 5.73 Å². The quantitative estimate of drug-likeness (QED) is 0.753. The average Bonchev–Trinajstić information content (AvgIpc) is 2.26. The van der Waals surface area contributed by atoms with Crippen molar-refractivity contribution >= 4 is 27.8 Å². The standard InChI is InChI=1S/C11H13BrN2O3/c12-9-3-1-2-8(4-9)7-17-11(16)6-14-5-10(13)15/h1-4,14H,5-7H2,(H2,13,15). The van der Waals surface area contributed by atoms with Crippen LogP contribution < -0.4 is 11.1 Å². The Bertz CT molecular complexity index is 409. The second-order valence-electron chi connectivity index (χ2n) is 3.36. The SMILES string of the molecule is NC(=O)CNCC(=O)OCc1cccc(Br)c1. The van der Waals surface area contributed by atoms with E-state index in [1.165, 1.54) is 0 Å². The first-order chi connectivity index (χ1) is 8.08. The highest BCUT2D eigenvalue weighted by Gasteiger charge is 2.03. The fourth-order valence-electron chi connectivity index (χ4n) is 1.13. The number of hydrogen-bond acceptors (Lipinski definition) is 4. The Hall–Kier alpha value is -1.40. The summed E-state index contributed by atoms with van der Waals surface area (Å²) in [5.74, 6) is -0.934. The number of rotatable bonds is 6. The van der Waals surface area contributed by atoms with E-state index < -0.39 is 11.9 Å². The third-order valence-corrected chi connectivity index (χ3v) is 2.35. The number of amides is 1. The molecule has 0 fully saturated rings. The Kier molecular flexibility index (Phi) is 5.65. The van der Waals surface area contributed by atoms with E-state index in [4.69, 9.17) is 10.5 Å². The van der Waals surface area contributed by atoms with Gasteiger partial charge in [0.25, 0.3) is 0 Å². The van der Waals surface area contributed by atoms with Gasteiger partial charge in [-0.15, -0.1) is 0 Å². The fourth-order valence-corrected chi connectivity index (χ4v) is 1.58. The van der Waals surface area contributed by atoms with Crippen LogP contribution in [0.1, 0.15) is 5.56 Å². The van der Waals surface area contributed by atoms with Crippen LogP contribution in [0.15, 0.2) is 28.7 Å². The molecule has 1 rings (SSSR count). The Morgan fingerprint density at radius 3 is 2.76 bits per heavy atom. The minimum atomic E-state index is -0.509. The highest BCUT2D eigenvalue weighted by Crippen LogP contribution is 2.12. The molecule has 1 aromatic carbocycles. The van der Waals surface area contributed by atoms with Crippen LogP contribution in [-0.4, -0.2) is 25.0 Å². The van der Waals surface area contributed by atoms with Gasteiger partial charge in [0.15, 0.2) is 0 Å². The third-order valence-electron chi connectivity index (χ3n) is 1.86. The first-order valence-corrected chi connectivity index (χ1v) is 5.76. The van der Waals surface area contributed by atoms with Crippen molar-refractivity contribution in [1.82, 2.24) is 5.32 Å². The van der Waals surface area contributed by atoms with Crippen molar-refractivity contribution in [1.29, 1.82) is 0 Å². The summed E-state index contributed by atoms with van der Waals surface area (Å²) in [5, 5.41) is 2.57. The van der Waals surface area contributed by atoms with Crippen LogP contribution >= 0.6 is 15.9 Å². The molecule has 0 bridgehead atoms. The third kappa shape index (κ3) is 6.03. The smallest absolute Gasteiger partial charge is 0.320 e. The molecule has 0 unspecified atom stereocenters. The summed E-state index contributed by atoms with van der Waals surface area (Å²) < 4.78 is 5.92. The van der Waals surface area contributed by atoms with Gasteiger partial charge in [-0.1, -0.05) is 28.1 Å². The van der Waals surface area contributed by atoms with Gasteiger partial charge in [0.1, 0.15) is 6.61 Å². The minimum Gasteiger partial charge on any atom is -0.460 e. The lowest BCUT2D eigenvalue weighted by atomic mass is 10.2. The number of hydrogen-bond donors (Lipinski definition) is 2. The molecular formula is C11H13BrN2O3. The van der Waals surface area contributed by atoms with Gasteiger partial charge in [-0.05, 0) is 17.7 Å². The van der Waals surface area contributed by atoms with Crippen LogP contribution in [0.2, 0.25) is 0 Å². The highest BCUT2D eigenvalue weighted by molar-refractivity contribution is 9.10. The van der Waals surface area contributed by atoms with E-state index in [2.05, 4.69) is 21.2 Å². The number of primary amides is 1. The summed E-state index contributed by atoms with van der Waals surface area (Å²) in [4.78, 5) is 21.6. The Morgan fingerprint density at radius 1 is 1.35 bits per heavy atom. The van der Waals surface area contributed by atoms with Crippen LogP contribution in [0, 0.1) is 0 Å². The maximum Gasteiger partial charge on any atom is 0.320 e. The first-order valence-electron chi connectivity index (χ1n) is 4.97. The van der Waals surface area contributed by atoms with E-state index in [0.29, 0.717) is 0 Å². The molecule has 0 radical (unpaired) electrons. The zero-order valence-electron chi connectivity index (χ0n) is 9.11. The van der Waals surface area contributed by atoms with E-state index in [9.17, 15) is 9.59 Å². The van der Waals surface area contributed by atoms with E-state index in [0.717, 1.165) is 10.0 Å². The maximum absolute atomic E-state index is 11.2. The molecule has 0 saturated carbocycles. The molecule has 0 aliphatic carbocycles. The zero-order valence-corrected chi connectivity index (χ0v) is 10.7. The summed E-state index contributed by atoms with van der Waals surface area (Å²) >= 11 is 3.32. The lowest BCUT2D eigenvalue weighted by Crippen LogP contribution is -2.33. The molecular weight excluding hydrogens is 288 g/mol. The molecule has 0 saturated heterocycles. The molecule has 0 atom stereocenters. The molecule has 92 valence electrons. The van der Waals surface area contributed by atoms with Crippen molar-refractivity contribution in [3.8, 4) is 0 Å². The largest absolute Gasteiger partial charge is 0.460 e. The van der Waals surface area contributed by atoms with Crippen LogP contribution in [-0.2, 0) is 20.9 Å².